The molecule has 0 unspecified atom stereocenters. The molecule has 2 N–H and O–H groups in total. The van der Waals surface area contributed by atoms with Gasteiger partial charge in [-0.1, -0.05) is 23.2 Å². The maximum atomic E-state index is 12.5. The van der Waals surface area contributed by atoms with Crippen molar-refractivity contribution < 1.29 is 4.79 Å². The zero-order valence-corrected chi connectivity index (χ0v) is 18.0. The lowest BCUT2D eigenvalue weighted by molar-refractivity contribution is 0.262. The minimum atomic E-state index is -0.372. The van der Waals surface area contributed by atoms with Crippen LogP contribution in [0.2, 0.25) is 5.02 Å². The van der Waals surface area contributed by atoms with Crippen molar-refractivity contribution in [1.82, 2.24) is 14.8 Å². The van der Waals surface area contributed by atoms with Crippen LogP contribution in [0, 0.1) is 27.7 Å². The Morgan fingerprint density at radius 1 is 0.933 bits per heavy atom. The van der Waals surface area contributed by atoms with Crippen molar-refractivity contribution >= 4 is 40.0 Å². The fourth-order valence-electron chi connectivity index (χ4n) is 3.51. The number of nitrogens with zero attached hydrogens (tertiary/aromatic N) is 3. The van der Waals surface area contributed by atoms with E-state index in [4.69, 9.17) is 16.6 Å². The molecule has 0 saturated heterocycles. The van der Waals surface area contributed by atoms with Crippen molar-refractivity contribution in [2.45, 2.75) is 27.7 Å². The number of halogens is 1. The van der Waals surface area contributed by atoms with Gasteiger partial charge in [-0.25, -0.2) is 9.78 Å². The molecule has 0 spiro atoms. The van der Waals surface area contributed by atoms with Gasteiger partial charge in [-0.2, -0.15) is 9.78 Å². The van der Waals surface area contributed by atoms with Crippen molar-refractivity contribution in [3.8, 4) is 5.82 Å². The smallest absolute Gasteiger partial charge is 0.308 e. The standard InChI is InChI=1S/C23H22ClN5O/c1-13-9-15(3)22-19(10-13)14(2)11-20(26-22)29-21(12-16(4)28-29)27-23(30)25-18-7-5-17(24)6-8-18/h5-12H,1-4H3,(H2,25,27,30). The molecule has 0 saturated carbocycles. The summed E-state index contributed by atoms with van der Waals surface area (Å²) in [5.41, 5.74) is 5.76. The number of amides is 2. The monoisotopic (exact) mass is 419 g/mol. The number of benzene rings is 2. The predicted octanol–water partition coefficient (Wildman–Crippen LogP) is 5.95. The Labute approximate surface area is 179 Å². The summed E-state index contributed by atoms with van der Waals surface area (Å²) < 4.78 is 1.66. The summed E-state index contributed by atoms with van der Waals surface area (Å²) in [6.07, 6.45) is 0. The van der Waals surface area contributed by atoms with Crippen molar-refractivity contribution in [2.75, 3.05) is 10.6 Å². The van der Waals surface area contributed by atoms with E-state index in [1.54, 1.807) is 28.9 Å². The van der Waals surface area contributed by atoms with Gasteiger partial charge < -0.3 is 5.32 Å². The second-order valence-electron chi connectivity index (χ2n) is 7.44. The topological polar surface area (TPSA) is 71.8 Å². The summed E-state index contributed by atoms with van der Waals surface area (Å²) in [7, 11) is 0. The number of hydrogen-bond acceptors (Lipinski definition) is 3. The molecule has 152 valence electrons. The van der Waals surface area contributed by atoms with Gasteiger partial charge in [0.1, 0.15) is 5.82 Å². The molecule has 0 bridgehead atoms. The van der Waals surface area contributed by atoms with Crippen LogP contribution in [0.25, 0.3) is 16.7 Å². The number of pyridine rings is 1. The Kier molecular flexibility index (Phi) is 5.18. The minimum absolute atomic E-state index is 0.372. The first kappa shape index (κ1) is 19.9. The van der Waals surface area contributed by atoms with Gasteiger partial charge in [-0.15, -0.1) is 0 Å². The maximum Gasteiger partial charge on any atom is 0.324 e. The third kappa shape index (κ3) is 4.00. The summed E-state index contributed by atoms with van der Waals surface area (Å²) in [6.45, 7) is 8.07. The Hall–Kier alpha value is -3.38. The molecule has 2 heterocycles. The zero-order chi connectivity index (χ0) is 21.4. The van der Waals surface area contributed by atoms with Gasteiger partial charge in [0.2, 0.25) is 0 Å². The molecule has 6 nitrogen and oxygen atoms in total. The highest BCUT2D eigenvalue weighted by molar-refractivity contribution is 6.30. The Balaban J connectivity index is 1.68. The molecule has 0 aliphatic carbocycles. The molecular weight excluding hydrogens is 398 g/mol. The van der Waals surface area contributed by atoms with Crippen LogP contribution in [0.1, 0.15) is 22.4 Å². The molecule has 7 heteroatoms. The third-order valence-electron chi connectivity index (χ3n) is 4.83. The number of urea groups is 1. The second kappa shape index (κ2) is 7.80. The minimum Gasteiger partial charge on any atom is -0.308 e. The first-order valence-corrected chi connectivity index (χ1v) is 9.97. The molecule has 0 radical (unpaired) electrons. The third-order valence-corrected chi connectivity index (χ3v) is 5.09. The SMILES string of the molecule is Cc1cc(C)c2nc(-n3nc(C)cc3NC(=O)Nc3ccc(Cl)cc3)cc(C)c2c1. The van der Waals surface area contributed by atoms with E-state index in [0.29, 0.717) is 22.3 Å². The highest BCUT2D eigenvalue weighted by Crippen LogP contribution is 2.26. The number of nitrogens with one attached hydrogen (secondary N) is 2. The number of anilines is 2. The van der Waals surface area contributed by atoms with Crippen LogP contribution < -0.4 is 10.6 Å². The molecule has 0 atom stereocenters. The van der Waals surface area contributed by atoms with Crippen LogP contribution in [0.3, 0.4) is 0 Å². The van der Waals surface area contributed by atoms with E-state index in [2.05, 4.69) is 48.6 Å². The van der Waals surface area contributed by atoms with E-state index in [9.17, 15) is 4.79 Å². The van der Waals surface area contributed by atoms with E-state index < -0.39 is 0 Å². The first-order chi connectivity index (χ1) is 14.3. The molecule has 0 fully saturated rings. The maximum absolute atomic E-state index is 12.5. The fraction of sp³-hybridized carbons (Fsp3) is 0.174. The molecule has 4 aromatic rings. The van der Waals surface area contributed by atoms with Crippen molar-refractivity contribution in [3.63, 3.8) is 0 Å². The quantitative estimate of drug-likeness (QED) is 0.431. The van der Waals surface area contributed by atoms with Crippen LogP contribution in [-0.2, 0) is 0 Å². The second-order valence-corrected chi connectivity index (χ2v) is 7.88. The largest absolute Gasteiger partial charge is 0.324 e. The Bertz CT molecular complexity index is 1260. The van der Waals surface area contributed by atoms with Gasteiger partial charge in [0.15, 0.2) is 5.82 Å². The Morgan fingerprint density at radius 3 is 2.40 bits per heavy atom. The van der Waals surface area contributed by atoms with Gasteiger partial charge in [0.05, 0.1) is 11.2 Å². The van der Waals surface area contributed by atoms with Gasteiger partial charge >= 0.3 is 6.03 Å². The van der Waals surface area contributed by atoms with E-state index in [-0.39, 0.29) is 6.03 Å². The molecule has 0 aliphatic heterocycles. The number of carbonyl (C=O) groups excluding carboxylic acids is 1. The van der Waals surface area contributed by atoms with Crippen LogP contribution in [-0.4, -0.2) is 20.8 Å². The molecule has 30 heavy (non-hydrogen) atoms. The Morgan fingerprint density at radius 2 is 1.67 bits per heavy atom. The number of aromatic nitrogens is 3. The number of aryl methyl sites for hydroxylation is 4. The van der Waals surface area contributed by atoms with Gasteiger partial charge in [-0.3, -0.25) is 5.32 Å². The molecule has 0 aliphatic rings. The summed E-state index contributed by atoms with van der Waals surface area (Å²) in [4.78, 5) is 17.3. The normalized spacial score (nSPS) is 11.0. The van der Waals surface area contributed by atoms with Gasteiger partial charge in [-0.05, 0) is 75.2 Å². The lowest BCUT2D eigenvalue weighted by atomic mass is 10.0. The van der Waals surface area contributed by atoms with E-state index >= 15 is 0 Å². The average molecular weight is 420 g/mol. The highest BCUT2D eigenvalue weighted by atomic mass is 35.5. The van der Waals surface area contributed by atoms with Crippen LogP contribution in [0.4, 0.5) is 16.3 Å². The molecule has 4 rings (SSSR count). The highest BCUT2D eigenvalue weighted by Gasteiger charge is 2.14. The summed E-state index contributed by atoms with van der Waals surface area (Å²) in [5.74, 6) is 1.19. The van der Waals surface area contributed by atoms with Crippen molar-refractivity contribution in [3.05, 3.63) is 75.9 Å². The number of fused-ring (bicyclic) bond motifs is 1. The van der Waals surface area contributed by atoms with Crippen molar-refractivity contribution in [2.24, 2.45) is 0 Å². The van der Waals surface area contributed by atoms with Gasteiger partial charge in [0, 0.05) is 22.2 Å². The molecule has 2 aromatic carbocycles. The lowest BCUT2D eigenvalue weighted by Crippen LogP contribution is -2.21. The molecule has 2 amide bonds. The number of rotatable bonds is 3. The van der Waals surface area contributed by atoms with E-state index in [0.717, 1.165) is 27.7 Å². The summed E-state index contributed by atoms with van der Waals surface area (Å²) >= 11 is 5.90. The first-order valence-electron chi connectivity index (χ1n) is 9.59. The molecular formula is C23H22ClN5O. The summed E-state index contributed by atoms with van der Waals surface area (Å²) in [6, 6.07) is 14.6. The molecule has 2 aromatic heterocycles. The number of carbonyl (C=O) groups is 1. The lowest BCUT2D eigenvalue weighted by Gasteiger charge is -2.13. The average Bonchev–Trinajstić information content (AvgIpc) is 3.04. The number of hydrogen-bond donors (Lipinski definition) is 2. The summed E-state index contributed by atoms with van der Waals surface area (Å²) in [5, 5.41) is 11.9. The predicted molar refractivity (Wildman–Crippen MR) is 122 cm³/mol. The van der Waals surface area contributed by atoms with Crippen LogP contribution in [0.5, 0.6) is 0 Å². The van der Waals surface area contributed by atoms with Crippen LogP contribution >= 0.6 is 11.6 Å². The van der Waals surface area contributed by atoms with E-state index in [1.165, 1.54) is 5.56 Å². The zero-order valence-electron chi connectivity index (χ0n) is 17.2. The van der Waals surface area contributed by atoms with Crippen molar-refractivity contribution in [1.29, 1.82) is 0 Å². The van der Waals surface area contributed by atoms with Crippen LogP contribution in [0.15, 0.2) is 48.5 Å². The fourth-order valence-corrected chi connectivity index (χ4v) is 3.64. The van der Waals surface area contributed by atoms with Gasteiger partial charge in [0.25, 0.3) is 0 Å². The van der Waals surface area contributed by atoms with E-state index in [1.807, 2.05) is 19.1 Å².